The molecule has 1 saturated carbocycles. The molecule has 1 rings (SSSR count). The SMILES string of the molecule is CC(C)(CCBr)NC(=O)C1CCC(C(C)(C)C)CC1. The number of nitrogens with one attached hydrogen (secondary N) is 1. The fourth-order valence-electron chi connectivity index (χ4n) is 2.96. The van der Waals surface area contributed by atoms with Gasteiger partial charge < -0.3 is 5.32 Å². The molecule has 0 aromatic carbocycles. The first-order valence-corrected chi connectivity index (χ1v) is 8.66. The first kappa shape index (κ1) is 17.0. The molecule has 1 aliphatic carbocycles. The number of rotatable bonds is 4. The molecule has 0 atom stereocenters. The number of hydrogen-bond donors (Lipinski definition) is 1. The Morgan fingerprint density at radius 3 is 2.05 bits per heavy atom. The lowest BCUT2D eigenvalue weighted by molar-refractivity contribution is -0.128. The molecule has 3 heteroatoms. The first-order valence-electron chi connectivity index (χ1n) is 7.54. The van der Waals surface area contributed by atoms with Crippen molar-refractivity contribution in [2.75, 3.05) is 5.33 Å². The van der Waals surface area contributed by atoms with Gasteiger partial charge in [0.15, 0.2) is 0 Å². The molecule has 2 nitrogen and oxygen atoms in total. The largest absolute Gasteiger partial charge is 0.351 e. The maximum atomic E-state index is 12.3. The molecule has 0 saturated heterocycles. The maximum Gasteiger partial charge on any atom is 0.223 e. The number of amides is 1. The average molecular weight is 332 g/mol. The summed E-state index contributed by atoms with van der Waals surface area (Å²) < 4.78 is 0. The Morgan fingerprint density at radius 1 is 1.11 bits per heavy atom. The van der Waals surface area contributed by atoms with Gasteiger partial charge in [0.1, 0.15) is 0 Å². The molecular weight excluding hydrogens is 302 g/mol. The summed E-state index contributed by atoms with van der Waals surface area (Å²) in [6, 6.07) is 0. The minimum Gasteiger partial charge on any atom is -0.351 e. The van der Waals surface area contributed by atoms with Crippen molar-refractivity contribution in [2.24, 2.45) is 17.3 Å². The number of carbonyl (C=O) groups excluding carboxylic acids is 1. The Balaban J connectivity index is 2.45. The monoisotopic (exact) mass is 331 g/mol. The van der Waals surface area contributed by atoms with Crippen LogP contribution in [0.5, 0.6) is 0 Å². The summed E-state index contributed by atoms with van der Waals surface area (Å²) in [7, 11) is 0. The zero-order chi connectivity index (χ0) is 14.7. The van der Waals surface area contributed by atoms with Crippen LogP contribution in [0.2, 0.25) is 0 Å². The van der Waals surface area contributed by atoms with Gasteiger partial charge in [-0.05, 0) is 57.3 Å². The average Bonchev–Trinajstić information content (AvgIpc) is 2.27. The van der Waals surface area contributed by atoms with Gasteiger partial charge in [-0.1, -0.05) is 36.7 Å². The molecule has 0 spiro atoms. The van der Waals surface area contributed by atoms with Gasteiger partial charge in [0.05, 0.1) is 0 Å². The van der Waals surface area contributed by atoms with Crippen LogP contribution in [0.3, 0.4) is 0 Å². The minimum atomic E-state index is -0.0958. The molecular formula is C16H30BrNO. The van der Waals surface area contributed by atoms with E-state index in [2.05, 4.69) is 55.9 Å². The highest BCUT2D eigenvalue weighted by molar-refractivity contribution is 9.09. The molecule has 112 valence electrons. The van der Waals surface area contributed by atoms with Crippen molar-refractivity contribution in [1.29, 1.82) is 0 Å². The van der Waals surface area contributed by atoms with E-state index in [9.17, 15) is 4.79 Å². The molecule has 0 unspecified atom stereocenters. The molecule has 0 aromatic heterocycles. The number of carbonyl (C=O) groups is 1. The normalized spacial score (nSPS) is 25.2. The molecule has 1 fully saturated rings. The Hall–Kier alpha value is -0.0500. The van der Waals surface area contributed by atoms with E-state index in [-0.39, 0.29) is 17.4 Å². The fraction of sp³-hybridized carbons (Fsp3) is 0.938. The molecule has 0 heterocycles. The number of hydrogen-bond acceptors (Lipinski definition) is 1. The van der Waals surface area contributed by atoms with E-state index >= 15 is 0 Å². The standard InChI is InChI=1S/C16H30BrNO/c1-15(2,3)13-8-6-12(7-9-13)14(19)18-16(4,5)10-11-17/h12-13H,6-11H2,1-5H3,(H,18,19). The topological polar surface area (TPSA) is 29.1 Å². The van der Waals surface area contributed by atoms with Gasteiger partial charge in [-0.25, -0.2) is 0 Å². The Labute approximate surface area is 127 Å². The summed E-state index contributed by atoms with van der Waals surface area (Å²) in [5.74, 6) is 1.26. The highest BCUT2D eigenvalue weighted by Gasteiger charge is 2.33. The summed E-state index contributed by atoms with van der Waals surface area (Å²) in [6.07, 6.45) is 5.47. The maximum absolute atomic E-state index is 12.3. The first-order chi connectivity index (χ1) is 8.65. The van der Waals surface area contributed by atoms with Crippen LogP contribution < -0.4 is 5.32 Å². The van der Waals surface area contributed by atoms with Crippen LogP contribution >= 0.6 is 15.9 Å². The Morgan fingerprint density at radius 2 is 1.63 bits per heavy atom. The van der Waals surface area contributed by atoms with Crippen molar-refractivity contribution >= 4 is 21.8 Å². The zero-order valence-corrected chi connectivity index (χ0v) is 14.8. The smallest absolute Gasteiger partial charge is 0.223 e. The summed E-state index contributed by atoms with van der Waals surface area (Å²) in [5.41, 5.74) is 0.290. The van der Waals surface area contributed by atoms with Crippen molar-refractivity contribution in [1.82, 2.24) is 5.32 Å². The molecule has 1 N–H and O–H groups in total. The third-order valence-corrected chi connectivity index (χ3v) is 4.90. The minimum absolute atomic E-state index is 0.0958. The van der Waals surface area contributed by atoms with E-state index in [1.165, 1.54) is 12.8 Å². The fourth-order valence-corrected chi connectivity index (χ4v) is 3.95. The third kappa shape index (κ3) is 5.45. The number of halogens is 1. The van der Waals surface area contributed by atoms with Gasteiger partial charge in [-0.15, -0.1) is 0 Å². The second-order valence-corrected chi connectivity index (χ2v) is 8.52. The van der Waals surface area contributed by atoms with E-state index in [1.807, 2.05) is 0 Å². The summed E-state index contributed by atoms with van der Waals surface area (Å²) in [6.45, 7) is 11.2. The Bertz CT molecular complexity index is 298. The summed E-state index contributed by atoms with van der Waals surface area (Å²) in [4.78, 5) is 12.3. The van der Waals surface area contributed by atoms with Gasteiger partial charge in [-0.3, -0.25) is 4.79 Å². The molecule has 1 amide bonds. The quantitative estimate of drug-likeness (QED) is 0.754. The zero-order valence-electron chi connectivity index (χ0n) is 13.2. The molecule has 0 aromatic rings. The highest BCUT2D eigenvalue weighted by Crippen LogP contribution is 2.39. The van der Waals surface area contributed by atoms with Crippen LogP contribution in [0.15, 0.2) is 0 Å². The van der Waals surface area contributed by atoms with Crippen LogP contribution in [0, 0.1) is 17.3 Å². The van der Waals surface area contributed by atoms with Crippen molar-refractivity contribution in [3.05, 3.63) is 0 Å². The lowest BCUT2D eigenvalue weighted by Gasteiger charge is -2.37. The van der Waals surface area contributed by atoms with E-state index in [0.717, 1.165) is 30.5 Å². The van der Waals surface area contributed by atoms with E-state index in [4.69, 9.17) is 0 Å². The highest BCUT2D eigenvalue weighted by atomic mass is 79.9. The van der Waals surface area contributed by atoms with E-state index in [1.54, 1.807) is 0 Å². The van der Waals surface area contributed by atoms with Crippen LogP contribution in [-0.2, 0) is 4.79 Å². The predicted molar refractivity (Wildman–Crippen MR) is 85.5 cm³/mol. The van der Waals surface area contributed by atoms with Crippen molar-refractivity contribution in [3.63, 3.8) is 0 Å². The van der Waals surface area contributed by atoms with Gasteiger partial charge in [0.25, 0.3) is 0 Å². The lowest BCUT2D eigenvalue weighted by atomic mass is 9.69. The lowest BCUT2D eigenvalue weighted by Crippen LogP contribution is -2.47. The van der Waals surface area contributed by atoms with Crippen LogP contribution in [-0.4, -0.2) is 16.8 Å². The molecule has 0 bridgehead atoms. The van der Waals surface area contributed by atoms with E-state index < -0.39 is 0 Å². The molecule has 19 heavy (non-hydrogen) atoms. The second-order valence-electron chi connectivity index (χ2n) is 7.73. The number of alkyl halides is 1. The van der Waals surface area contributed by atoms with Crippen molar-refractivity contribution < 1.29 is 4.79 Å². The summed E-state index contributed by atoms with van der Waals surface area (Å²) >= 11 is 3.45. The van der Waals surface area contributed by atoms with Crippen LogP contribution in [0.4, 0.5) is 0 Å². The van der Waals surface area contributed by atoms with Crippen LogP contribution in [0.1, 0.15) is 66.7 Å². The van der Waals surface area contributed by atoms with Gasteiger partial charge in [0, 0.05) is 16.8 Å². The predicted octanol–water partition coefficient (Wildman–Crippen LogP) is 4.52. The van der Waals surface area contributed by atoms with Gasteiger partial charge in [0.2, 0.25) is 5.91 Å². The van der Waals surface area contributed by atoms with Gasteiger partial charge in [-0.2, -0.15) is 0 Å². The Kier molecular flexibility index (Phi) is 5.91. The van der Waals surface area contributed by atoms with Gasteiger partial charge >= 0.3 is 0 Å². The van der Waals surface area contributed by atoms with Crippen molar-refractivity contribution in [3.8, 4) is 0 Å². The molecule has 0 aliphatic heterocycles. The molecule has 1 aliphatic rings. The second kappa shape index (κ2) is 6.60. The van der Waals surface area contributed by atoms with E-state index in [0.29, 0.717) is 5.41 Å². The van der Waals surface area contributed by atoms with Crippen molar-refractivity contribution in [2.45, 2.75) is 72.3 Å². The third-order valence-electron chi connectivity index (χ3n) is 4.50. The summed E-state index contributed by atoms with van der Waals surface area (Å²) in [5, 5.41) is 4.14. The van der Waals surface area contributed by atoms with Crippen LogP contribution in [0.25, 0.3) is 0 Å². The molecule has 0 radical (unpaired) electrons.